The molecule has 4 aromatic rings. The molecular formula is C34H40N8O4S. The van der Waals surface area contributed by atoms with Crippen LogP contribution in [0.5, 0.6) is 5.88 Å². The number of hydrogen-bond donors (Lipinski definition) is 1. The van der Waals surface area contributed by atoms with Gasteiger partial charge in [0.05, 0.1) is 29.4 Å². The molecule has 0 amide bonds. The van der Waals surface area contributed by atoms with Crippen LogP contribution >= 0.6 is 11.3 Å². The summed E-state index contributed by atoms with van der Waals surface area (Å²) in [4.78, 5) is 27.7. The zero-order valence-electron chi connectivity index (χ0n) is 27.0. The van der Waals surface area contributed by atoms with Gasteiger partial charge < -0.3 is 19.7 Å². The molecule has 0 bridgehead atoms. The highest BCUT2D eigenvalue weighted by Crippen LogP contribution is 2.55. The molecule has 3 saturated heterocycles. The number of hydrogen-bond acceptors (Lipinski definition) is 11. The Labute approximate surface area is 276 Å². The van der Waals surface area contributed by atoms with Crippen LogP contribution in [0.3, 0.4) is 0 Å². The third kappa shape index (κ3) is 4.04. The van der Waals surface area contributed by atoms with Crippen LogP contribution in [0.2, 0.25) is 0 Å². The molecule has 3 aliphatic heterocycles. The molecule has 12 nitrogen and oxygen atoms in total. The Balaban J connectivity index is 1.22. The van der Waals surface area contributed by atoms with E-state index >= 15 is 0 Å². The predicted molar refractivity (Wildman–Crippen MR) is 176 cm³/mol. The first kappa shape index (κ1) is 29.4. The first-order valence-electron chi connectivity index (χ1n) is 17.2. The maximum atomic E-state index is 13.8. The molecular weight excluding hydrogens is 616 g/mol. The van der Waals surface area contributed by atoms with Crippen LogP contribution in [-0.4, -0.2) is 67.1 Å². The van der Waals surface area contributed by atoms with E-state index in [2.05, 4.69) is 17.9 Å². The number of nitrogen functional groups attached to an aromatic ring is 1. The summed E-state index contributed by atoms with van der Waals surface area (Å²) in [6.45, 7) is 5.38. The molecule has 246 valence electrons. The van der Waals surface area contributed by atoms with E-state index < -0.39 is 5.41 Å². The van der Waals surface area contributed by atoms with Crippen LogP contribution in [-0.2, 0) is 30.0 Å². The summed E-state index contributed by atoms with van der Waals surface area (Å²) in [5, 5.41) is 15.5. The SMILES string of the molecule is C[C@H](Oc1nc(-c2onc3c2CCC[C@@]32CCCc3sc(N)c(C#N)c32)nc2c1n(C)c(=O)n2[C@@H]1CCOC1)C12CCCN1CCC2. The monoisotopic (exact) mass is 656 g/mol. The van der Waals surface area contributed by atoms with Gasteiger partial charge in [-0.3, -0.25) is 14.0 Å². The minimum absolute atomic E-state index is 0.0323. The fourth-order valence-corrected chi connectivity index (χ4v) is 11.0. The van der Waals surface area contributed by atoms with Gasteiger partial charge in [0.1, 0.15) is 17.2 Å². The molecule has 2 aliphatic carbocycles. The van der Waals surface area contributed by atoms with E-state index in [9.17, 15) is 10.1 Å². The highest BCUT2D eigenvalue weighted by atomic mass is 32.1. The first-order valence-corrected chi connectivity index (χ1v) is 18.0. The number of fused-ring (bicyclic) bond motifs is 6. The van der Waals surface area contributed by atoms with E-state index in [0.717, 1.165) is 101 Å². The van der Waals surface area contributed by atoms with Gasteiger partial charge in [0.25, 0.3) is 0 Å². The first-order chi connectivity index (χ1) is 22.9. The summed E-state index contributed by atoms with van der Waals surface area (Å²) in [7, 11) is 1.77. The molecule has 0 saturated carbocycles. The number of nitriles is 1. The van der Waals surface area contributed by atoms with Crippen molar-refractivity contribution in [1.29, 1.82) is 5.26 Å². The number of aryl methyl sites for hydroxylation is 2. The van der Waals surface area contributed by atoms with Crippen molar-refractivity contribution in [3.8, 4) is 23.5 Å². The van der Waals surface area contributed by atoms with Gasteiger partial charge in [-0.1, -0.05) is 5.16 Å². The number of anilines is 1. The molecule has 9 rings (SSSR count). The number of nitrogens with zero attached hydrogens (tertiary/aromatic N) is 7. The Morgan fingerprint density at radius 1 is 1.13 bits per heavy atom. The van der Waals surface area contributed by atoms with Gasteiger partial charge in [-0.25, -0.2) is 9.78 Å². The van der Waals surface area contributed by atoms with E-state index in [0.29, 0.717) is 52.4 Å². The van der Waals surface area contributed by atoms with Crippen molar-refractivity contribution in [3.05, 3.63) is 37.7 Å². The van der Waals surface area contributed by atoms with Gasteiger partial charge in [0, 0.05) is 29.5 Å². The van der Waals surface area contributed by atoms with Gasteiger partial charge in [0.15, 0.2) is 11.2 Å². The average Bonchev–Trinajstić information content (AvgIpc) is 3.90. The summed E-state index contributed by atoms with van der Waals surface area (Å²) in [5.41, 5.74) is 10.4. The standard InChI is InChI=1S/C34H40N8O4S/c1-19(34-12-5-14-41(34)15-6-13-34)45-31-25-30(42(32(43)40(25)2)20-9-16-44-18-20)37-29(38-31)26-21-7-3-10-33(27(21)39-46-26)11-4-8-23-24(33)22(17-35)28(36)47-23/h19-20H,3-16,18,36H2,1-2H3/t19-,20+,33-/m0/s1. The Morgan fingerprint density at radius 2 is 1.91 bits per heavy atom. The number of ether oxygens (including phenoxy) is 2. The topological polar surface area (TPSA) is 150 Å². The van der Waals surface area contributed by atoms with Crippen LogP contribution in [0.15, 0.2) is 9.32 Å². The van der Waals surface area contributed by atoms with E-state index in [1.807, 2.05) is 0 Å². The largest absolute Gasteiger partial charge is 0.471 e. The summed E-state index contributed by atoms with van der Waals surface area (Å²) in [6.07, 6.45) is 10.5. The van der Waals surface area contributed by atoms with Crippen molar-refractivity contribution in [2.45, 2.75) is 101 Å². The lowest BCUT2D eigenvalue weighted by Gasteiger charge is -2.39. The second kappa shape index (κ2) is 10.6. The Morgan fingerprint density at radius 3 is 2.66 bits per heavy atom. The van der Waals surface area contributed by atoms with E-state index in [4.69, 9.17) is 34.9 Å². The lowest BCUT2D eigenvalue weighted by molar-refractivity contribution is 0.0446. The molecule has 3 fully saturated rings. The van der Waals surface area contributed by atoms with Crippen molar-refractivity contribution in [2.75, 3.05) is 32.0 Å². The lowest BCUT2D eigenvalue weighted by atomic mass is 9.62. The zero-order valence-corrected chi connectivity index (χ0v) is 27.8. The fourth-order valence-electron chi connectivity index (χ4n) is 9.79. The summed E-state index contributed by atoms with van der Waals surface area (Å²) < 4.78 is 22.2. The molecule has 0 aromatic carbocycles. The summed E-state index contributed by atoms with van der Waals surface area (Å²) >= 11 is 1.54. The van der Waals surface area contributed by atoms with Gasteiger partial charge >= 0.3 is 5.69 Å². The minimum Gasteiger partial charge on any atom is -0.471 e. The minimum atomic E-state index is -0.427. The molecule has 0 radical (unpaired) electrons. The van der Waals surface area contributed by atoms with Gasteiger partial charge in [0.2, 0.25) is 17.5 Å². The molecule has 47 heavy (non-hydrogen) atoms. The fraction of sp³-hybridized carbons (Fsp3) is 0.618. The molecule has 2 N–H and O–H groups in total. The molecule has 13 heteroatoms. The van der Waals surface area contributed by atoms with Crippen molar-refractivity contribution in [1.82, 2.24) is 29.2 Å². The smallest absolute Gasteiger partial charge is 0.330 e. The zero-order chi connectivity index (χ0) is 32.1. The van der Waals surface area contributed by atoms with Crippen LogP contribution in [0, 0.1) is 11.3 Å². The van der Waals surface area contributed by atoms with Crippen LogP contribution in [0.25, 0.3) is 22.7 Å². The van der Waals surface area contributed by atoms with Crippen molar-refractivity contribution >= 4 is 27.5 Å². The van der Waals surface area contributed by atoms with E-state index in [1.165, 1.54) is 16.2 Å². The van der Waals surface area contributed by atoms with Crippen LogP contribution < -0.4 is 16.2 Å². The molecule has 4 aromatic heterocycles. The number of rotatable bonds is 5. The third-order valence-corrected chi connectivity index (χ3v) is 13.1. The van der Waals surface area contributed by atoms with Gasteiger partial charge in [-0.15, -0.1) is 11.3 Å². The quantitative estimate of drug-likeness (QED) is 0.322. The lowest BCUT2D eigenvalue weighted by Crippen LogP contribution is -2.50. The molecule has 5 aliphatic rings. The van der Waals surface area contributed by atoms with Gasteiger partial charge in [-0.05, 0) is 96.2 Å². The highest BCUT2D eigenvalue weighted by Gasteiger charge is 2.50. The number of imidazole rings is 1. The average molecular weight is 657 g/mol. The number of nitrogens with two attached hydrogens (primary N) is 1. The number of thiophene rings is 1. The van der Waals surface area contributed by atoms with Gasteiger partial charge in [-0.2, -0.15) is 10.2 Å². The van der Waals surface area contributed by atoms with Crippen molar-refractivity contribution < 1.29 is 14.0 Å². The summed E-state index contributed by atoms with van der Waals surface area (Å²) in [5.74, 6) is 1.28. The van der Waals surface area contributed by atoms with E-state index in [-0.39, 0.29) is 23.4 Å². The Hall–Kier alpha value is -3.73. The van der Waals surface area contributed by atoms with E-state index in [1.54, 1.807) is 16.2 Å². The molecule has 3 atom stereocenters. The maximum absolute atomic E-state index is 13.8. The molecule has 0 unspecified atom stereocenters. The third-order valence-electron chi connectivity index (χ3n) is 12.0. The van der Waals surface area contributed by atoms with Crippen molar-refractivity contribution in [3.63, 3.8) is 0 Å². The second-order valence-corrected chi connectivity index (χ2v) is 15.3. The molecule has 7 heterocycles. The van der Waals surface area contributed by atoms with Crippen molar-refractivity contribution in [2.24, 2.45) is 7.05 Å². The maximum Gasteiger partial charge on any atom is 0.330 e. The normalized spacial score (nSPS) is 25.6. The Bertz CT molecular complexity index is 2000. The highest BCUT2D eigenvalue weighted by molar-refractivity contribution is 7.16. The van der Waals surface area contributed by atoms with Crippen LogP contribution in [0.1, 0.15) is 98.0 Å². The Kier molecular flexibility index (Phi) is 6.66. The number of aromatic nitrogens is 5. The predicted octanol–water partition coefficient (Wildman–Crippen LogP) is 4.62. The summed E-state index contributed by atoms with van der Waals surface area (Å²) in [6, 6.07) is 2.28. The molecule has 1 spiro atoms. The second-order valence-electron chi connectivity index (χ2n) is 14.2. The van der Waals surface area contributed by atoms with Crippen LogP contribution in [0.4, 0.5) is 5.00 Å².